The molecule has 0 saturated carbocycles. The molecule has 0 saturated heterocycles. The first-order valence-corrected chi connectivity index (χ1v) is 10.3. The number of benzene rings is 3. The number of hydrogen-bond donors (Lipinski definition) is 2. The van der Waals surface area contributed by atoms with Crippen LogP contribution in [0, 0.1) is 5.92 Å². The predicted molar refractivity (Wildman–Crippen MR) is 127 cm³/mol. The van der Waals surface area contributed by atoms with Gasteiger partial charge in [-0.3, -0.25) is 9.59 Å². The van der Waals surface area contributed by atoms with E-state index in [1.165, 1.54) is 0 Å². The van der Waals surface area contributed by atoms with Crippen LogP contribution >= 0.6 is 12.2 Å². The summed E-state index contributed by atoms with van der Waals surface area (Å²) in [6, 6.07) is 21.1. The van der Waals surface area contributed by atoms with Crippen molar-refractivity contribution in [2.75, 3.05) is 16.8 Å². The van der Waals surface area contributed by atoms with E-state index in [2.05, 4.69) is 10.6 Å². The van der Waals surface area contributed by atoms with Gasteiger partial charge in [0, 0.05) is 29.1 Å². The van der Waals surface area contributed by atoms with Crippen LogP contribution in [0.2, 0.25) is 0 Å². The quantitative estimate of drug-likeness (QED) is 0.573. The summed E-state index contributed by atoms with van der Waals surface area (Å²) >= 11 is 5.17. The Balaban J connectivity index is 1.77. The molecule has 2 N–H and O–H groups in total. The molecule has 0 unspecified atom stereocenters. The number of amides is 2. The van der Waals surface area contributed by atoms with Crippen molar-refractivity contribution in [2.24, 2.45) is 5.92 Å². The molecule has 3 aromatic carbocycles. The lowest BCUT2D eigenvalue weighted by Crippen LogP contribution is -2.36. The summed E-state index contributed by atoms with van der Waals surface area (Å²) in [5.41, 5.74) is 2.17. The maximum absolute atomic E-state index is 13.2. The number of nitrogens with zero attached hydrogens (tertiary/aromatic N) is 1. The van der Waals surface area contributed by atoms with E-state index in [0.29, 0.717) is 17.8 Å². The van der Waals surface area contributed by atoms with Gasteiger partial charge >= 0.3 is 0 Å². The molecule has 5 nitrogen and oxygen atoms in total. The molecule has 0 fully saturated rings. The van der Waals surface area contributed by atoms with Gasteiger partial charge < -0.3 is 15.5 Å². The monoisotopic (exact) mass is 419 g/mol. The molecule has 3 aromatic rings. The van der Waals surface area contributed by atoms with Gasteiger partial charge in [-0.2, -0.15) is 0 Å². The molecule has 0 spiro atoms. The van der Waals surface area contributed by atoms with E-state index >= 15 is 0 Å². The predicted octanol–water partition coefficient (Wildman–Crippen LogP) is 4.98. The van der Waals surface area contributed by atoms with Gasteiger partial charge in [0.05, 0.1) is 5.69 Å². The SMILES string of the molecule is CCN(C(=O)c1ccc(NC(=S)NC(=O)C(C)C)cc1)c1cccc2ccccc12. The molecule has 2 amide bonds. The number of hydrogen-bond acceptors (Lipinski definition) is 3. The highest BCUT2D eigenvalue weighted by atomic mass is 32.1. The number of carbonyl (C=O) groups is 2. The first-order valence-electron chi connectivity index (χ1n) is 9.92. The van der Waals surface area contributed by atoms with Crippen molar-refractivity contribution in [3.8, 4) is 0 Å². The van der Waals surface area contributed by atoms with Gasteiger partial charge in [-0.1, -0.05) is 50.2 Å². The van der Waals surface area contributed by atoms with Crippen molar-refractivity contribution in [3.63, 3.8) is 0 Å². The Bertz CT molecular complexity index is 1070. The molecule has 0 radical (unpaired) electrons. The van der Waals surface area contributed by atoms with Crippen LogP contribution in [-0.4, -0.2) is 23.5 Å². The normalized spacial score (nSPS) is 10.7. The standard InChI is InChI=1S/C24H25N3O2S/c1-4-27(21-11-7-9-17-8-5-6-10-20(17)21)23(29)18-12-14-19(15-13-18)25-24(30)26-22(28)16(2)3/h5-16H,4H2,1-3H3,(H2,25,26,28,30). The van der Waals surface area contributed by atoms with Gasteiger partial charge in [0.1, 0.15) is 0 Å². The van der Waals surface area contributed by atoms with Crippen molar-refractivity contribution >= 4 is 51.3 Å². The van der Waals surface area contributed by atoms with Crippen LogP contribution in [0.3, 0.4) is 0 Å². The maximum Gasteiger partial charge on any atom is 0.258 e. The molecule has 6 heteroatoms. The third-order valence-corrected chi connectivity index (χ3v) is 4.97. The third-order valence-electron chi connectivity index (χ3n) is 4.77. The van der Waals surface area contributed by atoms with Crippen LogP contribution in [0.4, 0.5) is 11.4 Å². The molecular weight excluding hydrogens is 394 g/mol. The van der Waals surface area contributed by atoms with E-state index in [0.717, 1.165) is 16.5 Å². The molecule has 0 aliphatic carbocycles. The average Bonchev–Trinajstić information content (AvgIpc) is 2.74. The van der Waals surface area contributed by atoms with Crippen molar-refractivity contribution in [2.45, 2.75) is 20.8 Å². The zero-order valence-electron chi connectivity index (χ0n) is 17.3. The summed E-state index contributed by atoms with van der Waals surface area (Å²) in [6.07, 6.45) is 0. The minimum atomic E-state index is -0.154. The number of carbonyl (C=O) groups excluding carboxylic acids is 2. The smallest absolute Gasteiger partial charge is 0.258 e. The van der Waals surface area contributed by atoms with Gasteiger partial charge in [0.25, 0.3) is 5.91 Å². The summed E-state index contributed by atoms with van der Waals surface area (Å²) in [4.78, 5) is 26.7. The van der Waals surface area contributed by atoms with Crippen molar-refractivity contribution in [1.29, 1.82) is 0 Å². The Morgan fingerprint density at radius 1 is 0.967 bits per heavy atom. The molecule has 0 aliphatic heterocycles. The molecule has 154 valence electrons. The van der Waals surface area contributed by atoms with Crippen LogP contribution in [0.15, 0.2) is 66.7 Å². The molecule has 0 bridgehead atoms. The molecule has 0 aromatic heterocycles. The maximum atomic E-state index is 13.2. The summed E-state index contributed by atoms with van der Waals surface area (Å²) in [7, 11) is 0. The largest absolute Gasteiger partial charge is 0.332 e. The Kier molecular flexibility index (Phi) is 6.79. The Morgan fingerprint density at radius 3 is 2.30 bits per heavy atom. The zero-order valence-corrected chi connectivity index (χ0v) is 18.1. The summed E-state index contributed by atoms with van der Waals surface area (Å²) < 4.78 is 0. The van der Waals surface area contributed by atoms with Gasteiger partial charge in [0.15, 0.2) is 5.11 Å². The van der Waals surface area contributed by atoms with Gasteiger partial charge in [-0.25, -0.2) is 0 Å². The first-order chi connectivity index (χ1) is 14.4. The van der Waals surface area contributed by atoms with E-state index in [9.17, 15) is 9.59 Å². The number of fused-ring (bicyclic) bond motifs is 1. The second kappa shape index (κ2) is 9.50. The van der Waals surface area contributed by atoms with E-state index < -0.39 is 0 Å². The molecule has 0 atom stereocenters. The molecule has 0 aliphatic rings. The van der Waals surface area contributed by atoms with Gasteiger partial charge in [0.2, 0.25) is 5.91 Å². The highest BCUT2D eigenvalue weighted by Crippen LogP contribution is 2.28. The van der Waals surface area contributed by atoms with Crippen molar-refractivity contribution in [3.05, 3.63) is 72.3 Å². The van der Waals surface area contributed by atoms with Crippen LogP contribution in [0.1, 0.15) is 31.1 Å². The molecular formula is C24H25N3O2S. The lowest BCUT2D eigenvalue weighted by molar-refractivity contribution is -0.122. The lowest BCUT2D eigenvalue weighted by Gasteiger charge is -2.23. The fourth-order valence-electron chi connectivity index (χ4n) is 3.14. The fourth-order valence-corrected chi connectivity index (χ4v) is 3.36. The minimum Gasteiger partial charge on any atom is -0.332 e. The first kappa shape index (κ1) is 21.5. The summed E-state index contributed by atoms with van der Waals surface area (Å²) in [5, 5.41) is 7.98. The van der Waals surface area contributed by atoms with E-state index in [4.69, 9.17) is 12.2 Å². The number of nitrogens with one attached hydrogen (secondary N) is 2. The van der Waals surface area contributed by atoms with Crippen molar-refractivity contribution < 1.29 is 9.59 Å². The lowest BCUT2D eigenvalue weighted by atomic mass is 10.1. The fraction of sp³-hybridized carbons (Fsp3) is 0.208. The van der Waals surface area contributed by atoms with Gasteiger partial charge in [-0.05, 0) is 54.9 Å². The molecule has 3 rings (SSSR count). The highest BCUT2D eigenvalue weighted by Gasteiger charge is 2.18. The van der Waals surface area contributed by atoms with Crippen molar-refractivity contribution in [1.82, 2.24) is 5.32 Å². The van der Waals surface area contributed by atoms with Crippen LogP contribution in [0.5, 0.6) is 0 Å². The Hall–Kier alpha value is -3.25. The Morgan fingerprint density at radius 2 is 1.63 bits per heavy atom. The van der Waals surface area contributed by atoms with Crippen LogP contribution in [-0.2, 0) is 4.79 Å². The van der Waals surface area contributed by atoms with Gasteiger partial charge in [-0.15, -0.1) is 0 Å². The zero-order chi connectivity index (χ0) is 21.7. The summed E-state index contributed by atoms with van der Waals surface area (Å²) in [5.74, 6) is -0.372. The molecule has 30 heavy (non-hydrogen) atoms. The summed E-state index contributed by atoms with van der Waals surface area (Å²) in [6.45, 7) is 6.12. The van der Waals surface area contributed by atoms with E-state index in [1.54, 1.807) is 43.0 Å². The number of thiocarbonyl (C=S) groups is 1. The third kappa shape index (κ3) is 4.83. The molecule has 0 heterocycles. The van der Waals surface area contributed by atoms with E-state index in [-0.39, 0.29) is 22.8 Å². The minimum absolute atomic E-state index is 0.0731. The second-order valence-electron chi connectivity index (χ2n) is 7.22. The van der Waals surface area contributed by atoms with Crippen LogP contribution < -0.4 is 15.5 Å². The highest BCUT2D eigenvalue weighted by molar-refractivity contribution is 7.80. The number of rotatable bonds is 5. The number of anilines is 2. The Labute approximate surface area is 182 Å². The second-order valence-corrected chi connectivity index (χ2v) is 7.63. The topological polar surface area (TPSA) is 61.4 Å². The average molecular weight is 420 g/mol. The van der Waals surface area contributed by atoms with E-state index in [1.807, 2.05) is 49.4 Å². The van der Waals surface area contributed by atoms with Crippen LogP contribution in [0.25, 0.3) is 10.8 Å².